The number of benzene rings is 1. The molecule has 24 heavy (non-hydrogen) atoms. The lowest BCUT2D eigenvalue weighted by molar-refractivity contribution is -0.138. The van der Waals surface area contributed by atoms with Crippen molar-refractivity contribution in [3.05, 3.63) is 24.3 Å². The SMILES string of the molecule is CCCC1CC(=O)N(CC(=O)Nc2cccc(NC(C)=O)c2)CN1. The number of nitrogens with zero attached hydrogens (tertiary/aromatic N) is 1. The maximum Gasteiger partial charge on any atom is 0.244 e. The molecule has 0 spiro atoms. The van der Waals surface area contributed by atoms with Crippen LogP contribution in [0, 0.1) is 0 Å². The molecule has 1 heterocycles. The molecule has 0 radical (unpaired) electrons. The molecule has 1 aliphatic rings. The summed E-state index contributed by atoms with van der Waals surface area (Å²) in [6.45, 7) is 3.91. The van der Waals surface area contributed by atoms with Gasteiger partial charge in [0, 0.05) is 30.8 Å². The van der Waals surface area contributed by atoms with Crippen LogP contribution in [0.5, 0.6) is 0 Å². The van der Waals surface area contributed by atoms with E-state index in [0.29, 0.717) is 24.5 Å². The summed E-state index contributed by atoms with van der Waals surface area (Å²) in [5.41, 5.74) is 1.19. The highest BCUT2D eigenvalue weighted by Crippen LogP contribution is 2.15. The molecule has 1 saturated heterocycles. The zero-order chi connectivity index (χ0) is 17.5. The van der Waals surface area contributed by atoms with E-state index in [1.54, 1.807) is 24.3 Å². The van der Waals surface area contributed by atoms with Gasteiger partial charge >= 0.3 is 0 Å². The Hall–Kier alpha value is -2.41. The predicted molar refractivity (Wildman–Crippen MR) is 92.4 cm³/mol. The molecule has 3 N–H and O–H groups in total. The first-order valence-corrected chi connectivity index (χ1v) is 8.16. The molecule has 130 valence electrons. The summed E-state index contributed by atoms with van der Waals surface area (Å²) in [6, 6.07) is 7.09. The van der Waals surface area contributed by atoms with Crippen LogP contribution in [0.4, 0.5) is 11.4 Å². The first-order valence-electron chi connectivity index (χ1n) is 8.16. The summed E-state index contributed by atoms with van der Waals surface area (Å²) in [5.74, 6) is -0.446. The van der Waals surface area contributed by atoms with Gasteiger partial charge in [0.25, 0.3) is 0 Å². The quantitative estimate of drug-likeness (QED) is 0.737. The third-order valence-electron chi connectivity index (χ3n) is 3.78. The molecule has 2 rings (SSSR count). The van der Waals surface area contributed by atoms with Crippen LogP contribution in [0.25, 0.3) is 0 Å². The van der Waals surface area contributed by atoms with Gasteiger partial charge in [-0.05, 0) is 24.6 Å². The van der Waals surface area contributed by atoms with Crippen LogP contribution in [0.2, 0.25) is 0 Å². The van der Waals surface area contributed by atoms with Crippen molar-refractivity contribution in [3.8, 4) is 0 Å². The molecule has 1 aromatic rings. The Bertz CT molecular complexity index is 618. The smallest absolute Gasteiger partial charge is 0.244 e. The predicted octanol–water partition coefficient (Wildman–Crippen LogP) is 1.53. The molecular weight excluding hydrogens is 308 g/mol. The fraction of sp³-hybridized carbons (Fsp3) is 0.471. The number of hydrogen-bond acceptors (Lipinski definition) is 4. The first-order chi connectivity index (χ1) is 11.5. The molecular formula is C17H24N4O3. The number of anilines is 2. The highest BCUT2D eigenvalue weighted by Gasteiger charge is 2.25. The van der Waals surface area contributed by atoms with E-state index in [2.05, 4.69) is 22.9 Å². The van der Waals surface area contributed by atoms with Gasteiger partial charge in [-0.25, -0.2) is 0 Å². The molecule has 0 aromatic heterocycles. The van der Waals surface area contributed by atoms with Gasteiger partial charge in [-0.2, -0.15) is 0 Å². The molecule has 1 atom stereocenters. The Morgan fingerprint density at radius 2 is 2.00 bits per heavy atom. The molecule has 7 heteroatoms. The third-order valence-corrected chi connectivity index (χ3v) is 3.78. The van der Waals surface area contributed by atoms with E-state index in [-0.39, 0.29) is 30.3 Å². The Morgan fingerprint density at radius 1 is 1.29 bits per heavy atom. The fourth-order valence-corrected chi connectivity index (χ4v) is 2.69. The lowest BCUT2D eigenvalue weighted by Crippen LogP contribution is -2.52. The van der Waals surface area contributed by atoms with Crippen molar-refractivity contribution in [2.75, 3.05) is 23.8 Å². The number of nitrogens with one attached hydrogen (secondary N) is 3. The monoisotopic (exact) mass is 332 g/mol. The van der Waals surface area contributed by atoms with Crippen molar-refractivity contribution < 1.29 is 14.4 Å². The number of carbonyl (C=O) groups excluding carboxylic acids is 3. The van der Waals surface area contributed by atoms with E-state index in [0.717, 1.165) is 12.8 Å². The highest BCUT2D eigenvalue weighted by atomic mass is 16.2. The number of rotatable bonds is 6. The molecule has 7 nitrogen and oxygen atoms in total. The Kier molecular flexibility index (Phi) is 6.31. The first kappa shape index (κ1) is 17.9. The second-order valence-corrected chi connectivity index (χ2v) is 5.95. The minimum atomic E-state index is -0.265. The van der Waals surface area contributed by atoms with Gasteiger partial charge in [0.2, 0.25) is 17.7 Å². The molecule has 0 bridgehead atoms. The van der Waals surface area contributed by atoms with Crippen LogP contribution in [0.1, 0.15) is 33.1 Å². The topological polar surface area (TPSA) is 90.5 Å². The molecule has 1 unspecified atom stereocenters. The van der Waals surface area contributed by atoms with Gasteiger partial charge in [0.05, 0.1) is 6.67 Å². The molecule has 1 aliphatic heterocycles. The van der Waals surface area contributed by atoms with Crippen molar-refractivity contribution in [2.24, 2.45) is 0 Å². The number of hydrogen-bond donors (Lipinski definition) is 3. The van der Waals surface area contributed by atoms with Crippen molar-refractivity contribution >= 4 is 29.1 Å². The summed E-state index contributed by atoms with van der Waals surface area (Å²) in [7, 11) is 0. The maximum atomic E-state index is 12.1. The lowest BCUT2D eigenvalue weighted by atomic mass is 10.1. The van der Waals surface area contributed by atoms with E-state index >= 15 is 0 Å². The normalized spacial score (nSPS) is 17.5. The summed E-state index contributed by atoms with van der Waals surface area (Å²) in [4.78, 5) is 36.8. The van der Waals surface area contributed by atoms with E-state index in [1.807, 2.05) is 0 Å². The van der Waals surface area contributed by atoms with Gasteiger partial charge < -0.3 is 15.5 Å². The van der Waals surface area contributed by atoms with Gasteiger partial charge in [0.1, 0.15) is 6.54 Å². The average Bonchev–Trinajstić information content (AvgIpc) is 2.50. The van der Waals surface area contributed by atoms with E-state index in [1.165, 1.54) is 11.8 Å². The van der Waals surface area contributed by atoms with Gasteiger partial charge in [0.15, 0.2) is 0 Å². The van der Waals surface area contributed by atoms with E-state index < -0.39 is 0 Å². The minimum Gasteiger partial charge on any atom is -0.326 e. The third kappa shape index (κ3) is 5.34. The zero-order valence-corrected chi connectivity index (χ0v) is 14.1. The van der Waals surface area contributed by atoms with Gasteiger partial charge in [-0.3, -0.25) is 19.7 Å². The maximum absolute atomic E-state index is 12.1. The Labute approximate surface area is 141 Å². The van der Waals surface area contributed by atoms with Crippen molar-refractivity contribution in [1.82, 2.24) is 10.2 Å². The van der Waals surface area contributed by atoms with Gasteiger partial charge in [-0.15, -0.1) is 0 Å². The second kappa shape index (κ2) is 8.44. The van der Waals surface area contributed by atoms with Crippen LogP contribution < -0.4 is 16.0 Å². The summed E-state index contributed by atoms with van der Waals surface area (Å²) >= 11 is 0. The molecule has 0 aliphatic carbocycles. The van der Waals surface area contributed by atoms with Crippen LogP contribution >= 0.6 is 0 Å². The molecule has 3 amide bonds. The van der Waals surface area contributed by atoms with Crippen LogP contribution in [0.15, 0.2) is 24.3 Å². The lowest BCUT2D eigenvalue weighted by Gasteiger charge is -2.32. The van der Waals surface area contributed by atoms with E-state index in [4.69, 9.17) is 0 Å². The van der Waals surface area contributed by atoms with Crippen LogP contribution in [0.3, 0.4) is 0 Å². The summed E-state index contributed by atoms with van der Waals surface area (Å²) in [5, 5.41) is 8.68. The summed E-state index contributed by atoms with van der Waals surface area (Å²) in [6.07, 6.45) is 2.41. The van der Waals surface area contributed by atoms with Crippen molar-refractivity contribution in [3.63, 3.8) is 0 Å². The molecule has 0 saturated carbocycles. The average molecular weight is 332 g/mol. The van der Waals surface area contributed by atoms with Crippen molar-refractivity contribution in [2.45, 2.75) is 39.2 Å². The van der Waals surface area contributed by atoms with Gasteiger partial charge in [-0.1, -0.05) is 19.4 Å². The highest BCUT2D eigenvalue weighted by molar-refractivity contribution is 5.96. The molecule has 1 aromatic carbocycles. The van der Waals surface area contributed by atoms with Crippen molar-refractivity contribution in [1.29, 1.82) is 0 Å². The Balaban J connectivity index is 1.87. The van der Waals surface area contributed by atoms with E-state index in [9.17, 15) is 14.4 Å². The zero-order valence-electron chi connectivity index (χ0n) is 14.1. The fourth-order valence-electron chi connectivity index (χ4n) is 2.69. The molecule has 1 fully saturated rings. The summed E-state index contributed by atoms with van der Waals surface area (Å²) < 4.78 is 0. The van der Waals surface area contributed by atoms with Crippen LogP contribution in [-0.4, -0.2) is 41.9 Å². The number of carbonyl (C=O) groups is 3. The standard InChI is InChI=1S/C17H24N4O3/c1-3-5-13-9-17(24)21(11-18-13)10-16(23)20-15-7-4-6-14(8-15)19-12(2)22/h4,6-8,13,18H,3,5,9-11H2,1-2H3,(H,19,22)(H,20,23). The minimum absolute atomic E-state index is 0.00523. The number of amides is 3. The largest absolute Gasteiger partial charge is 0.326 e. The second-order valence-electron chi connectivity index (χ2n) is 5.95. The van der Waals surface area contributed by atoms with Crippen LogP contribution in [-0.2, 0) is 14.4 Å². The Morgan fingerprint density at radius 3 is 2.62 bits per heavy atom.